The zero-order chi connectivity index (χ0) is 20.7. The molecule has 5 heteroatoms. The predicted octanol–water partition coefficient (Wildman–Crippen LogP) is 5.98. The summed E-state index contributed by atoms with van der Waals surface area (Å²) in [5.41, 5.74) is 2.26. The molecule has 0 amide bonds. The summed E-state index contributed by atoms with van der Waals surface area (Å²) in [5.74, 6) is 1.74. The molecule has 0 fully saturated rings. The van der Waals surface area contributed by atoms with Gasteiger partial charge in [-0.05, 0) is 89.8 Å². The lowest BCUT2D eigenvalue weighted by molar-refractivity contribution is 0.273. The van der Waals surface area contributed by atoms with Crippen LogP contribution in [0.15, 0.2) is 46.9 Å². The van der Waals surface area contributed by atoms with Crippen molar-refractivity contribution >= 4 is 15.9 Å². The van der Waals surface area contributed by atoms with E-state index in [0.29, 0.717) is 13.2 Å². The highest BCUT2D eigenvalue weighted by atomic mass is 79.9. The fourth-order valence-corrected chi connectivity index (χ4v) is 3.54. The van der Waals surface area contributed by atoms with E-state index in [1.807, 2.05) is 18.2 Å². The molecule has 0 saturated heterocycles. The number of aliphatic hydroxyl groups is 2. The second kappa shape index (κ2) is 14.4. The van der Waals surface area contributed by atoms with Gasteiger partial charge in [-0.2, -0.15) is 0 Å². The number of rotatable bonds is 15. The molecule has 0 saturated carbocycles. The molecule has 0 aliphatic rings. The summed E-state index contributed by atoms with van der Waals surface area (Å²) in [6.07, 6.45) is 8.01. The maximum atomic E-state index is 8.80. The first-order valence-electron chi connectivity index (χ1n) is 10.6. The second-order valence-electron chi connectivity index (χ2n) is 7.14. The van der Waals surface area contributed by atoms with E-state index in [9.17, 15) is 0 Å². The first-order chi connectivity index (χ1) is 14.2. The molecule has 0 aliphatic heterocycles. The van der Waals surface area contributed by atoms with E-state index < -0.39 is 0 Å². The van der Waals surface area contributed by atoms with Gasteiger partial charge < -0.3 is 19.7 Å². The Morgan fingerprint density at radius 1 is 0.621 bits per heavy atom. The van der Waals surface area contributed by atoms with Gasteiger partial charge in [-0.3, -0.25) is 0 Å². The van der Waals surface area contributed by atoms with Crippen LogP contribution in [0.5, 0.6) is 11.5 Å². The van der Waals surface area contributed by atoms with E-state index >= 15 is 0 Å². The molecule has 0 atom stereocenters. The maximum Gasteiger partial charge on any atom is 0.133 e. The third-order valence-corrected chi connectivity index (χ3v) is 5.37. The lowest BCUT2D eigenvalue weighted by atomic mass is 10.1. The first-order valence-corrected chi connectivity index (χ1v) is 11.4. The van der Waals surface area contributed by atoms with Crippen LogP contribution >= 0.6 is 15.9 Å². The molecule has 0 aliphatic carbocycles. The van der Waals surface area contributed by atoms with Crippen LogP contribution in [0.3, 0.4) is 0 Å². The number of hydrogen-bond donors (Lipinski definition) is 2. The van der Waals surface area contributed by atoms with Gasteiger partial charge in [0.25, 0.3) is 0 Å². The fraction of sp³-hybridized carbons (Fsp3) is 0.500. The Hall–Kier alpha value is -1.56. The van der Waals surface area contributed by atoms with Crippen molar-refractivity contribution in [3.8, 4) is 22.6 Å². The van der Waals surface area contributed by atoms with E-state index in [1.165, 1.54) is 0 Å². The summed E-state index contributed by atoms with van der Waals surface area (Å²) < 4.78 is 12.6. The molecule has 0 radical (unpaired) electrons. The largest absolute Gasteiger partial charge is 0.494 e. The average molecular weight is 465 g/mol. The van der Waals surface area contributed by atoms with Gasteiger partial charge in [-0.1, -0.05) is 31.0 Å². The first kappa shape index (κ1) is 23.7. The van der Waals surface area contributed by atoms with E-state index in [4.69, 9.17) is 19.7 Å². The molecule has 0 heterocycles. The SMILES string of the molecule is OCCCCCCOc1ccc(-c2ccc(OCCCCCCO)c(Br)c2)cc1. The van der Waals surface area contributed by atoms with Gasteiger partial charge >= 0.3 is 0 Å². The van der Waals surface area contributed by atoms with Crippen molar-refractivity contribution < 1.29 is 19.7 Å². The van der Waals surface area contributed by atoms with Gasteiger partial charge in [0, 0.05) is 13.2 Å². The van der Waals surface area contributed by atoms with Gasteiger partial charge in [0.15, 0.2) is 0 Å². The zero-order valence-electron chi connectivity index (χ0n) is 17.1. The standard InChI is InChI=1S/C24H33BrO4/c25-23-19-21(11-14-24(23)29-18-8-4-2-6-16-27)20-9-12-22(13-10-20)28-17-7-3-1-5-15-26/h9-14,19,26-27H,1-8,15-18H2. The van der Waals surface area contributed by atoms with Crippen LogP contribution in [0.4, 0.5) is 0 Å². The van der Waals surface area contributed by atoms with Gasteiger partial charge in [0.05, 0.1) is 17.7 Å². The van der Waals surface area contributed by atoms with Crippen LogP contribution in [0.1, 0.15) is 51.4 Å². The summed E-state index contributed by atoms with van der Waals surface area (Å²) >= 11 is 3.61. The Bertz CT molecular complexity index is 688. The van der Waals surface area contributed by atoms with Crippen molar-refractivity contribution in [1.29, 1.82) is 0 Å². The monoisotopic (exact) mass is 464 g/mol. The molecule has 2 aromatic carbocycles. The number of unbranched alkanes of at least 4 members (excludes halogenated alkanes) is 6. The second-order valence-corrected chi connectivity index (χ2v) is 8.00. The summed E-state index contributed by atoms with van der Waals surface area (Å²) in [7, 11) is 0. The number of aliphatic hydroxyl groups excluding tert-OH is 2. The normalized spacial score (nSPS) is 10.9. The zero-order valence-corrected chi connectivity index (χ0v) is 18.7. The smallest absolute Gasteiger partial charge is 0.133 e. The molecule has 0 aromatic heterocycles. The molecule has 0 unspecified atom stereocenters. The summed E-state index contributed by atoms with van der Waals surface area (Å²) in [5, 5.41) is 17.6. The Balaban J connectivity index is 1.78. The number of ether oxygens (including phenoxy) is 2. The molecule has 2 N–H and O–H groups in total. The Labute approximate surface area is 183 Å². The van der Waals surface area contributed by atoms with Gasteiger partial charge in [-0.15, -0.1) is 0 Å². The Morgan fingerprint density at radius 2 is 1.17 bits per heavy atom. The quantitative estimate of drug-likeness (QED) is 0.318. The van der Waals surface area contributed by atoms with Crippen molar-refractivity contribution in [3.05, 3.63) is 46.9 Å². The Morgan fingerprint density at radius 3 is 1.76 bits per heavy atom. The summed E-state index contributed by atoms with van der Waals surface area (Å²) in [6.45, 7) is 1.95. The van der Waals surface area contributed by atoms with Gasteiger partial charge in [0.1, 0.15) is 11.5 Å². The third kappa shape index (κ3) is 9.20. The van der Waals surface area contributed by atoms with E-state index in [0.717, 1.165) is 78.5 Å². The highest BCUT2D eigenvalue weighted by molar-refractivity contribution is 9.10. The minimum Gasteiger partial charge on any atom is -0.494 e. The van der Waals surface area contributed by atoms with Crippen LogP contribution in [0, 0.1) is 0 Å². The highest BCUT2D eigenvalue weighted by Crippen LogP contribution is 2.31. The molecular formula is C24H33BrO4. The summed E-state index contributed by atoms with van der Waals surface area (Å²) in [6, 6.07) is 14.3. The predicted molar refractivity (Wildman–Crippen MR) is 122 cm³/mol. The Kier molecular flexibility index (Phi) is 11.8. The van der Waals surface area contributed by atoms with Crippen LogP contribution in [0.2, 0.25) is 0 Å². The summed E-state index contributed by atoms with van der Waals surface area (Å²) in [4.78, 5) is 0. The molecular weight excluding hydrogens is 432 g/mol. The molecule has 0 spiro atoms. The minimum atomic E-state index is 0.270. The van der Waals surface area contributed by atoms with Crippen LogP contribution in [0.25, 0.3) is 11.1 Å². The highest BCUT2D eigenvalue weighted by Gasteiger charge is 2.05. The van der Waals surface area contributed by atoms with E-state index in [2.05, 4.69) is 40.2 Å². The van der Waals surface area contributed by atoms with E-state index in [1.54, 1.807) is 0 Å². The third-order valence-electron chi connectivity index (χ3n) is 4.75. The molecule has 4 nitrogen and oxygen atoms in total. The van der Waals surface area contributed by atoms with Crippen molar-refractivity contribution in [2.45, 2.75) is 51.4 Å². The lowest BCUT2D eigenvalue weighted by Gasteiger charge is -2.11. The van der Waals surface area contributed by atoms with Gasteiger partial charge in [0.2, 0.25) is 0 Å². The maximum absolute atomic E-state index is 8.80. The molecule has 29 heavy (non-hydrogen) atoms. The minimum absolute atomic E-state index is 0.270. The molecule has 2 aromatic rings. The molecule has 0 bridgehead atoms. The van der Waals surface area contributed by atoms with Crippen molar-refractivity contribution in [3.63, 3.8) is 0 Å². The van der Waals surface area contributed by atoms with Crippen LogP contribution in [-0.2, 0) is 0 Å². The average Bonchev–Trinajstić information content (AvgIpc) is 2.74. The van der Waals surface area contributed by atoms with Crippen LogP contribution < -0.4 is 9.47 Å². The fourth-order valence-electron chi connectivity index (χ4n) is 3.05. The van der Waals surface area contributed by atoms with Crippen molar-refractivity contribution in [1.82, 2.24) is 0 Å². The number of hydrogen-bond acceptors (Lipinski definition) is 4. The number of benzene rings is 2. The molecule has 2 rings (SSSR count). The van der Waals surface area contributed by atoms with Gasteiger partial charge in [-0.25, -0.2) is 0 Å². The van der Waals surface area contributed by atoms with Crippen molar-refractivity contribution in [2.24, 2.45) is 0 Å². The van der Waals surface area contributed by atoms with E-state index in [-0.39, 0.29) is 13.2 Å². The lowest BCUT2D eigenvalue weighted by Crippen LogP contribution is -1.98. The topological polar surface area (TPSA) is 58.9 Å². The molecule has 160 valence electrons. The van der Waals surface area contributed by atoms with Crippen LogP contribution in [-0.4, -0.2) is 36.6 Å². The number of halogens is 1. The van der Waals surface area contributed by atoms with Crippen molar-refractivity contribution in [2.75, 3.05) is 26.4 Å².